The van der Waals surface area contributed by atoms with Crippen molar-refractivity contribution in [2.75, 3.05) is 0 Å². The van der Waals surface area contributed by atoms with E-state index in [1.807, 2.05) is 29.7 Å². The summed E-state index contributed by atoms with van der Waals surface area (Å²) in [6.45, 7) is 2.77. The third-order valence-corrected chi connectivity index (χ3v) is 4.67. The predicted octanol–water partition coefficient (Wildman–Crippen LogP) is 4.44. The van der Waals surface area contributed by atoms with Gasteiger partial charge in [-0.1, -0.05) is 35.5 Å². The Kier molecular flexibility index (Phi) is 4.93. The van der Waals surface area contributed by atoms with E-state index < -0.39 is 0 Å². The van der Waals surface area contributed by atoms with Crippen molar-refractivity contribution in [3.05, 3.63) is 59.0 Å². The summed E-state index contributed by atoms with van der Waals surface area (Å²) in [5.41, 5.74) is 1.65. The van der Waals surface area contributed by atoms with Gasteiger partial charge in [-0.25, -0.2) is 4.39 Å². The molecule has 1 aromatic carbocycles. The molecule has 3 rings (SSSR count). The van der Waals surface area contributed by atoms with Crippen LogP contribution in [0.1, 0.15) is 12.5 Å². The molecule has 0 saturated carbocycles. The normalized spacial score (nSPS) is 10.9. The van der Waals surface area contributed by atoms with E-state index in [1.165, 1.54) is 23.9 Å². The SMILES string of the molecule is CCn1c(SCc2ccc(F)cc2Cl)nnc1-c1ccccn1. The van der Waals surface area contributed by atoms with E-state index in [-0.39, 0.29) is 5.82 Å². The van der Waals surface area contributed by atoms with Gasteiger partial charge < -0.3 is 4.57 Å². The Morgan fingerprint density at radius 2 is 2.09 bits per heavy atom. The molecule has 0 spiro atoms. The summed E-state index contributed by atoms with van der Waals surface area (Å²) >= 11 is 7.58. The number of aromatic nitrogens is 4. The van der Waals surface area contributed by atoms with E-state index in [0.717, 1.165) is 28.8 Å². The summed E-state index contributed by atoms with van der Waals surface area (Å²) in [5, 5.41) is 9.69. The van der Waals surface area contributed by atoms with Crippen molar-refractivity contribution in [3.8, 4) is 11.5 Å². The molecular formula is C16H14ClFN4S. The number of thioether (sulfide) groups is 1. The lowest BCUT2D eigenvalue weighted by molar-refractivity contribution is 0.627. The van der Waals surface area contributed by atoms with Gasteiger partial charge in [-0.15, -0.1) is 10.2 Å². The van der Waals surface area contributed by atoms with Gasteiger partial charge in [0.2, 0.25) is 0 Å². The first-order valence-corrected chi connectivity index (χ1v) is 8.46. The van der Waals surface area contributed by atoms with Gasteiger partial charge in [-0.3, -0.25) is 4.98 Å². The number of benzene rings is 1. The Morgan fingerprint density at radius 1 is 1.22 bits per heavy atom. The molecule has 4 nitrogen and oxygen atoms in total. The van der Waals surface area contributed by atoms with Crippen LogP contribution in [0.25, 0.3) is 11.5 Å². The molecule has 2 aromatic heterocycles. The first kappa shape index (κ1) is 16.0. The van der Waals surface area contributed by atoms with Gasteiger partial charge >= 0.3 is 0 Å². The monoisotopic (exact) mass is 348 g/mol. The van der Waals surface area contributed by atoms with Crippen LogP contribution in [0.3, 0.4) is 0 Å². The maximum Gasteiger partial charge on any atom is 0.191 e. The summed E-state index contributed by atoms with van der Waals surface area (Å²) in [5.74, 6) is 0.998. The van der Waals surface area contributed by atoms with Gasteiger partial charge in [-0.05, 0) is 36.8 Å². The van der Waals surface area contributed by atoms with Gasteiger partial charge in [0, 0.05) is 23.5 Å². The minimum atomic E-state index is -0.335. The number of hydrogen-bond donors (Lipinski definition) is 0. The van der Waals surface area contributed by atoms with Gasteiger partial charge in [0.25, 0.3) is 0 Å². The Hall–Kier alpha value is -1.92. The summed E-state index contributed by atoms with van der Waals surface area (Å²) in [4.78, 5) is 4.32. The first-order valence-electron chi connectivity index (χ1n) is 7.10. The highest BCUT2D eigenvalue weighted by Gasteiger charge is 2.14. The van der Waals surface area contributed by atoms with Gasteiger partial charge in [-0.2, -0.15) is 0 Å². The molecule has 23 heavy (non-hydrogen) atoms. The van der Waals surface area contributed by atoms with E-state index in [2.05, 4.69) is 15.2 Å². The Bertz CT molecular complexity index is 807. The molecule has 0 bridgehead atoms. The number of nitrogens with zero attached hydrogens (tertiary/aromatic N) is 4. The van der Waals surface area contributed by atoms with Crippen molar-refractivity contribution in [2.24, 2.45) is 0 Å². The van der Waals surface area contributed by atoms with E-state index in [0.29, 0.717) is 10.8 Å². The fourth-order valence-corrected chi connectivity index (χ4v) is 3.47. The zero-order valence-electron chi connectivity index (χ0n) is 12.4. The largest absolute Gasteiger partial charge is 0.301 e. The van der Waals surface area contributed by atoms with Crippen LogP contribution in [0.2, 0.25) is 5.02 Å². The zero-order valence-corrected chi connectivity index (χ0v) is 14.0. The Morgan fingerprint density at radius 3 is 2.78 bits per heavy atom. The molecular weight excluding hydrogens is 335 g/mol. The molecule has 0 fully saturated rings. The number of halogens is 2. The number of hydrogen-bond acceptors (Lipinski definition) is 4. The molecule has 3 aromatic rings. The van der Waals surface area contributed by atoms with Crippen LogP contribution in [0.5, 0.6) is 0 Å². The smallest absolute Gasteiger partial charge is 0.191 e. The van der Waals surface area contributed by atoms with Crippen molar-refractivity contribution in [3.63, 3.8) is 0 Å². The van der Waals surface area contributed by atoms with E-state index in [9.17, 15) is 4.39 Å². The van der Waals surface area contributed by atoms with Gasteiger partial charge in [0.05, 0.1) is 0 Å². The Labute approximate surface area is 142 Å². The molecule has 0 saturated heterocycles. The van der Waals surface area contributed by atoms with Gasteiger partial charge in [0.1, 0.15) is 11.5 Å². The van der Waals surface area contributed by atoms with Crippen LogP contribution >= 0.6 is 23.4 Å². The molecule has 0 atom stereocenters. The molecule has 0 radical (unpaired) electrons. The molecule has 7 heteroatoms. The average Bonchev–Trinajstić information content (AvgIpc) is 2.98. The second-order valence-electron chi connectivity index (χ2n) is 4.79. The molecule has 0 amide bonds. The Balaban J connectivity index is 1.82. The summed E-state index contributed by atoms with van der Waals surface area (Å²) < 4.78 is 15.1. The van der Waals surface area contributed by atoms with Crippen molar-refractivity contribution in [1.29, 1.82) is 0 Å². The highest BCUT2D eigenvalue weighted by Crippen LogP contribution is 2.28. The third kappa shape index (κ3) is 3.54. The van der Waals surface area contributed by atoms with Crippen LogP contribution in [0.4, 0.5) is 4.39 Å². The van der Waals surface area contributed by atoms with Gasteiger partial charge in [0.15, 0.2) is 11.0 Å². The fourth-order valence-electron chi connectivity index (χ4n) is 2.15. The average molecular weight is 349 g/mol. The second kappa shape index (κ2) is 7.10. The van der Waals surface area contributed by atoms with Crippen LogP contribution < -0.4 is 0 Å². The predicted molar refractivity (Wildman–Crippen MR) is 89.9 cm³/mol. The highest BCUT2D eigenvalue weighted by molar-refractivity contribution is 7.98. The topological polar surface area (TPSA) is 43.6 Å². The molecule has 0 N–H and O–H groups in total. The number of pyridine rings is 1. The maximum absolute atomic E-state index is 13.1. The molecule has 0 unspecified atom stereocenters. The lowest BCUT2D eigenvalue weighted by atomic mass is 10.2. The van der Waals surface area contributed by atoms with Crippen molar-refractivity contribution in [1.82, 2.24) is 19.7 Å². The van der Waals surface area contributed by atoms with E-state index >= 15 is 0 Å². The van der Waals surface area contributed by atoms with Crippen LogP contribution in [-0.4, -0.2) is 19.7 Å². The third-order valence-electron chi connectivity index (χ3n) is 3.30. The second-order valence-corrected chi connectivity index (χ2v) is 6.14. The quantitative estimate of drug-likeness (QED) is 0.639. The maximum atomic E-state index is 13.1. The summed E-state index contributed by atoms with van der Waals surface area (Å²) in [6, 6.07) is 10.1. The van der Waals surface area contributed by atoms with Crippen LogP contribution in [-0.2, 0) is 12.3 Å². The first-order chi connectivity index (χ1) is 11.2. The van der Waals surface area contributed by atoms with Crippen LogP contribution in [0.15, 0.2) is 47.8 Å². The van der Waals surface area contributed by atoms with Crippen LogP contribution in [0, 0.1) is 5.82 Å². The molecule has 118 valence electrons. The van der Waals surface area contributed by atoms with E-state index in [1.54, 1.807) is 12.3 Å². The van der Waals surface area contributed by atoms with Crippen molar-refractivity contribution >= 4 is 23.4 Å². The molecule has 0 aliphatic carbocycles. The lowest BCUT2D eigenvalue weighted by Crippen LogP contribution is -2.00. The minimum absolute atomic E-state index is 0.335. The fraction of sp³-hybridized carbons (Fsp3) is 0.188. The van der Waals surface area contributed by atoms with Crippen molar-refractivity contribution in [2.45, 2.75) is 24.4 Å². The summed E-state index contributed by atoms with van der Waals surface area (Å²) in [7, 11) is 0. The standard InChI is InChI=1S/C16H14ClFN4S/c1-2-22-15(14-5-3-4-8-19-14)20-21-16(22)23-10-11-6-7-12(18)9-13(11)17/h3-9H,2,10H2,1H3. The van der Waals surface area contributed by atoms with Crippen molar-refractivity contribution < 1.29 is 4.39 Å². The summed E-state index contributed by atoms with van der Waals surface area (Å²) in [6.07, 6.45) is 1.73. The lowest BCUT2D eigenvalue weighted by Gasteiger charge is -2.07. The highest BCUT2D eigenvalue weighted by atomic mass is 35.5. The number of rotatable bonds is 5. The molecule has 0 aliphatic heterocycles. The zero-order chi connectivity index (χ0) is 16.2. The van der Waals surface area contributed by atoms with E-state index in [4.69, 9.17) is 11.6 Å². The molecule has 0 aliphatic rings. The minimum Gasteiger partial charge on any atom is -0.301 e. The molecule has 2 heterocycles.